The minimum absolute atomic E-state index is 0.0823. The lowest BCUT2D eigenvalue weighted by molar-refractivity contribution is -0.149. The third kappa shape index (κ3) is 3.97. The molecule has 2 atom stereocenters. The molecular weight excluding hydrogens is 254 g/mol. The summed E-state index contributed by atoms with van der Waals surface area (Å²) in [6, 6.07) is 0.272. The fourth-order valence-corrected chi connectivity index (χ4v) is 3.02. The van der Waals surface area contributed by atoms with Gasteiger partial charge in [-0.1, -0.05) is 34.6 Å². The first-order chi connectivity index (χ1) is 9.18. The molecule has 20 heavy (non-hydrogen) atoms. The Balaban J connectivity index is 2.86. The maximum Gasteiger partial charge on any atom is 0.306 e. The highest BCUT2D eigenvalue weighted by molar-refractivity contribution is 5.84. The monoisotopic (exact) mass is 283 g/mol. The molecule has 1 rings (SSSR count). The second kappa shape index (κ2) is 6.59. The van der Waals surface area contributed by atoms with Crippen LogP contribution in [-0.4, -0.2) is 36.5 Å². The number of nitrogens with zero attached hydrogens (tertiary/aromatic N) is 1. The van der Waals surface area contributed by atoms with E-state index in [9.17, 15) is 9.59 Å². The molecule has 0 aromatic carbocycles. The van der Waals surface area contributed by atoms with Gasteiger partial charge in [0.05, 0.1) is 19.4 Å². The number of ether oxygens (including phenoxy) is 1. The number of hydrogen-bond acceptors (Lipinski definition) is 3. The molecule has 0 N–H and O–H groups in total. The van der Waals surface area contributed by atoms with Crippen LogP contribution in [0.4, 0.5) is 0 Å². The summed E-state index contributed by atoms with van der Waals surface area (Å²) in [7, 11) is 1.37. The number of rotatable bonds is 4. The summed E-state index contributed by atoms with van der Waals surface area (Å²) in [4.78, 5) is 26.3. The highest BCUT2D eigenvalue weighted by Crippen LogP contribution is 2.34. The first-order valence-corrected chi connectivity index (χ1v) is 7.55. The number of amides is 1. The quantitative estimate of drug-likeness (QED) is 0.745. The molecule has 0 aromatic rings. The molecule has 0 aromatic heterocycles. The fraction of sp³-hybridized carbons (Fsp3) is 0.875. The van der Waals surface area contributed by atoms with Crippen LogP contribution in [0.1, 0.15) is 53.9 Å². The third-order valence-corrected chi connectivity index (χ3v) is 4.27. The number of carbonyl (C=O) groups excluding carboxylic acids is 2. The predicted octanol–water partition coefficient (Wildman–Crippen LogP) is 2.86. The molecule has 0 aliphatic carbocycles. The van der Waals surface area contributed by atoms with Gasteiger partial charge < -0.3 is 9.64 Å². The van der Waals surface area contributed by atoms with E-state index >= 15 is 0 Å². The molecule has 0 unspecified atom stereocenters. The first-order valence-electron chi connectivity index (χ1n) is 7.55. The summed E-state index contributed by atoms with van der Waals surface area (Å²) in [5.74, 6) is -0.320. The van der Waals surface area contributed by atoms with E-state index < -0.39 is 0 Å². The smallest absolute Gasteiger partial charge is 0.306 e. The molecule has 1 saturated heterocycles. The number of likely N-dealkylation sites (tertiary alicyclic amines) is 1. The molecule has 1 heterocycles. The molecule has 1 fully saturated rings. The zero-order valence-corrected chi connectivity index (χ0v) is 13.7. The summed E-state index contributed by atoms with van der Waals surface area (Å²) >= 11 is 0. The zero-order chi connectivity index (χ0) is 15.5. The second-order valence-corrected chi connectivity index (χ2v) is 7.19. The van der Waals surface area contributed by atoms with Crippen LogP contribution in [0, 0.1) is 17.3 Å². The van der Waals surface area contributed by atoms with Crippen LogP contribution in [0.5, 0.6) is 0 Å². The molecule has 0 radical (unpaired) electrons. The van der Waals surface area contributed by atoms with Gasteiger partial charge in [0.1, 0.15) is 0 Å². The molecular formula is C16H29NO3. The van der Waals surface area contributed by atoms with Crippen molar-refractivity contribution in [3.8, 4) is 0 Å². The highest BCUT2D eigenvalue weighted by Gasteiger charge is 2.40. The Morgan fingerprint density at radius 3 is 2.35 bits per heavy atom. The van der Waals surface area contributed by atoms with E-state index in [1.807, 2.05) is 18.7 Å². The Morgan fingerprint density at radius 1 is 1.30 bits per heavy atom. The van der Waals surface area contributed by atoms with E-state index in [4.69, 9.17) is 4.74 Å². The van der Waals surface area contributed by atoms with Crippen LogP contribution < -0.4 is 0 Å². The largest absolute Gasteiger partial charge is 0.469 e. The van der Waals surface area contributed by atoms with Crippen molar-refractivity contribution >= 4 is 11.9 Å². The van der Waals surface area contributed by atoms with Gasteiger partial charge in [-0.25, -0.2) is 0 Å². The molecule has 0 bridgehead atoms. The third-order valence-electron chi connectivity index (χ3n) is 4.27. The van der Waals surface area contributed by atoms with E-state index in [-0.39, 0.29) is 41.6 Å². The summed E-state index contributed by atoms with van der Waals surface area (Å²) in [6.45, 7) is 11.3. The van der Waals surface area contributed by atoms with Crippen molar-refractivity contribution in [3.63, 3.8) is 0 Å². The van der Waals surface area contributed by atoms with Crippen LogP contribution in [-0.2, 0) is 14.3 Å². The number of methoxy groups -OCH3 is 1. The van der Waals surface area contributed by atoms with Crippen LogP contribution in [0.25, 0.3) is 0 Å². The van der Waals surface area contributed by atoms with Crippen molar-refractivity contribution in [2.75, 3.05) is 13.7 Å². The second-order valence-electron chi connectivity index (χ2n) is 7.19. The lowest BCUT2D eigenvalue weighted by Crippen LogP contribution is -2.47. The maximum atomic E-state index is 12.8. The van der Waals surface area contributed by atoms with Gasteiger partial charge in [0.2, 0.25) is 5.91 Å². The Bertz CT molecular complexity index is 357. The van der Waals surface area contributed by atoms with Gasteiger partial charge in [-0.05, 0) is 24.2 Å². The van der Waals surface area contributed by atoms with Gasteiger partial charge in [-0.3, -0.25) is 9.59 Å². The van der Waals surface area contributed by atoms with E-state index in [2.05, 4.69) is 20.8 Å². The topological polar surface area (TPSA) is 46.6 Å². The molecule has 1 aliphatic rings. The van der Waals surface area contributed by atoms with Crippen LogP contribution in [0.15, 0.2) is 0 Å². The zero-order valence-electron chi connectivity index (χ0n) is 13.7. The number of hydrogen-bond donors (Lipinski definition) is 0. The average Bonchev–Trinajstić information content (AvgIpc) is 2.83. The van der Waals surface area contributed by atoms with Gasteiger partial charge in [0.15, 0.2) is 0 Å². The maximum absolute atomic E-state index is 12.8. The Kier molecular flexibility index (Phi) is 5.60. The summed E-state index contributed by atoms with van der Waals surface area (Å²) in [5.41, 5.74) is 0.0823. The van der Waals surface area contributed by atoms with Crippen molar-refractivity contribution in [2.45, 2.75) is 59.9 Å². The molecule has 116 valence electrons. The minimum atomic E-state index is -0.302. The van der Waals surface area contributed by atoms with Crippen molar-refractivity contribution in [3.05, 3.63) is 0 Å². The SMILES string of the molecule is COC(=O)C[C@H](C(=O)N1CCC[C@H]1C(C)(C)C)C(C)C. The average molecular weight is 283 g/mol. The van der Waals surface area contributed by atoms with E-state index in [1.54, 1.807) is 0 Å². The van der Waals surface area contributed by atoms with Crippen molar-refractivity contribution in [1.82, 2.24) is 4.90 Å². The van der Waals surface area contributed by atoms with Crippen LogP contribution in [0.3, 0.4) is 0 Å². The molecule has 0 spiro atoms. The van der Waals surface area contributed by atoms with Crippen molar-refractivity contribution in [1.29, 1.82) is 0 Å². The van der Waals surface area contributed by atoms with Crippen molar-refractivity contribution < 1.29 is 14.3 Å². The Labute approximate surface area is 122 Å². The summed E-state index contributed by atoms with van der Waals surface area (Å²) in [6.07, 6.45) is 2.29. The van der Waals surface area contributed by atoms with Gasteiger partial charge in [0.25, 0.3) is 0 Å². The van der Waals surface area contributed by atoms with Gasteiger partial charge in [-0.15, -0.1) is 0 Å². The number of carbonyl (C=O) groups is 2. The molecule has 1 amide bonds. The first kappa shape index (κ1) is 17.0. The summed E-state index contributed by atoms with van der Waals surface area (Å²) in [5, 5.41) is 0. The minimum Gasteiger partial charge on any atom is -0.469 e. The molecule has 4 heteroatoms. The normalized spacial score (nSPS) is 21.1. The fourth-order valence-electron chi connectivity index (χ4n) is 3.02. The van der Waals surface area contributed by atoms with Gasteiger partial charge >= 0.3 is 5.97 Å². The standard InChI is InChI=1S/C16H29NO3/c1-11(2)12(10-14(18)20-6)15(19)17-9-7-8-13(17)16(3,4)5/h11-13H,7-10H2,1-6H3/t12-,13-/m0/s1. The summed E-state index contributed by atoms with van der Waals surface area (Å²) < 4.78 is 4.73. The molecule has 1 aliphatic heterocycles. The van der Waals surface area contributed by atoms with E-state index in [1.165, 1.54) is 7.11 Å². The van der Waals surface area contributed by atoms with E-state index in [0.29, 0.717) is 0 Å². The highest BCUT2D eigenvalue weighted by atomic mass is 16.5. The van der Waals surface area contributed by atoms with Gasteiger partial charge in [-0.2, -0.15) is 0 Å². The molecule has 4 nitrogen and oxygen atoms in total. The number of esters is 1. The molecule has 0 saturated carbocycles. The van der Waals surface area contributed by atoms with Crippen molar-refractivity contribution in [2.24, 2.45) is 17.3 Å². The lowest BCUT2D eigenvalue weighted by Gasteiger charge is -2.37. The predicted molar refractivity (Wildman–Crippen MR) is 79.2 cm³/mol. The van der Waals surface area contributed by atoms with Crippen LogP contribution in [0.2, 0.25) is 0 Å². The van der Waals surface area contributed by atoms with Gasteiger partial charge in [0, 0.05) is 12.6 Å². The lowest BCUT2D eigenvalue weighted by atomic mass is 9.84. The Hall–Kier alpha value is -1.06. The van der Waals surface area contributed by atoms with Crippen LogP contribution >= 0.6 is 0 Å². The van der Waals surface area contributed by atoms with E-state index in [0.717, 1.165) is 19.4 Å². The Morgan fingerprint density at radius 2 is 1.90 bits per heavy atom.